The highest BCUT2D eigenvalue weighted by molar-refractivity contribution is 6.69. The van der Waals surface area contributed by atoms with Gasteiger partial charge in [0.15, 0.2) is 0 Å². The molecule has 1 atom stereocenters. The summed E-state index contributed by atoms with van der Waals surface area (Å²) in [5, 5.41) is 13.4. The molecule has 0 aromatic carbocycles. The molecule has 1 unspecified atom stereocenters. The summed E-state index contributed by atoms with van der Waals surface area (Å²) in [5.41, 5.74) is 1.10. The van der Waals surface area contributed by atoms with Gasteiger partial charge in [0.1, 0.15) is 0 Å². The molecule has 0 heterocycles. The molecule has 1 aliphatic carbocycles. The first kappa shape index (κ1) is 14.2. The van der Waals surface area contributed by atoms with Gasteiger partial charge >= 0.3 is 0 Å². The standard InChI is InChI=1S/C13H24N2OSi/c1-17(2,3)16-15-13-9-7-5-4-6-8-12(10-13)11-14/h12H,4-10H2,1-3H3/b15-13+. The van der Waals surface area contributed by atoms with Gasteiger partial charge < -0.3 is 4.53 Å². The van der Waals surface area contributed by atoms with Crippen molar-refractivity contribution < 1.29 is 4.53 Å². The molecule has 0 aromatic rings. The molecule has 1 saturated carbocycles. The van der Waals surface area contributed by atoms with Crippen molar-refractivity contribution >= 4 is 14.0 Å². The highest BCUT2D eigenvalue weighted by Crippen LogP contribution is 2.20. The molecule has 0 saturated heterocycles. The Kier molecular flexibility index (Phi) is 5.70. The number of oxime groups is 1. The Morgan fingerprint density at radius 2 is 1.94 bits per heavy atom. The number of nitriles is 1. The van der Waals surface area contributed by atoms with Crippen molar-refractivity contribution in [1.82, 2.24) is 0 Å². The summed E-state index contributed by atoms with van der Waals surface area (Å²) in [6.45, 7) is 6.40. The number of nitrogens with zero attached hydrogens (tertiary/aromatic N) is 2. The largest absolute Gasteiger partial charge is 0.456 e. The van der Waals surface area contributed by atoms with Gasteiger partial charge in [0.2, 0.25) is 0 Å². The zero-order valence-corrected chi connectivity index (χ0v) is 12.3. The Hall–Kier alpha value is -0.823. The fourth-order valence-electron chi connectivity index (χ4n) is 1.96. The van der Waals surface area contributed by atoms with Crippen LogP contribution in [0.2, 0.25) is 19.6 Å². The lowest BCUT2D eigenvalue weighted by atomic mass is 9.98. The van der Waals surface area contributed by atoms with Gasteiger partial charge in [-0.25, -0.2) is 0 Å². The third-order valence-corrected chi connectivity index (χ3v) is 3.52. The molecule has 0 bridgehead atoms. The van der Waals surface area contributed by atoms with Crippen LogP contribution in [-0.4, -0.2) is 14.0 Å². The summed E-state index contributed by atoms with van der Waals surface area (Å²) < 4.78 is 5.62. The minimum absolute atomic E-state index is 0.136. The van der Waals surface area contributed by atoms with Gasteiger partial charge in [-0.3, -0.25) is 0 Å². The monoisotopic (exact) mass is 252 g/mol. The van der Waals surface area contributed by atoms with Gasteiger partial charge in [-0.2, -0.15) is 5.26 Å². The summed E-state index contributed by atoms with van der Waals surface area (Å²) in [5.74, 6) is 0.136. The van der Waals surface area contributed by atoms with E-state index in [1.165, 1.54) is 25.7 Å². The zero-order valence-electron chi connectivity index (χ0n) is 11.3. The van der Waals surface area contributed by atoms with E-state index in [9.17, 15) is 0 Å². The third kappa shape index (κ3) is 6.47. The predicted molar refractivity (Wildman–Crippen MR) is 73.3 cm³/mol. The smallest absolute Gasteiger partial charge is 0.278 e. The second-order valence-electron chi connectivity index (χ2n) is 5.84. The summed E-state index contributed by atoms with van der Waals surface area (Å²) in [4.78, 5) is 0. The van der Waals surface area contributed by atoms with Crippen molar-refractivity contribution in [2.45, 2.75) is 64.6 Å². The van der Waals surface area contributed by atoms with Crippen LogP contribution in [0.15, 0.2) is 5.16 Å². The summed E-state index contributed by atoms with van der Waals surface area (Å²) >= 11 is 0. The van der Waals surface area contributed by atoms with Gasteiger partial charge in [-0.05, 0) is 38.9 Å². The lowest BCUT2D eigenvalue weighted by Gasteiger charge is -2.15. The first-order valence-electron chi connectivity index (χ1n) is 6.65. The van der Waals surface area contributed by atoms with Crippen LogP contribution in [0.5, 0.6) is 0 Å². The molecule has 0 N–H and O–H groups in total. The minimum Gasteiger partial charge on any atom is -0.456 e. The average Bonchev–Trinajstić information content (AvgIpc) is 2.36. The van der Waals surface area contributed by atoms with Gasteiger partial charge in [0.05, 0.1) is 17.7 Å². The van der Waals surface area contributed by atoms with Crippen LogP contribution >= 0.6 is 0 Å². The fraction of sp³-hybridized carbons (Fsp3) is 0.846. The van der Waals surface area contributed by atoms with Crippen molar-refractivity contribution in [2.75, 3.05) is 0 Å². The first-order valence-corrected chi connectivity index (χ1v) is 10.1. The molecule has 0 spiro atoms. The van der Waals surface area contributed by atoms with Gasteiger partial charge in [0.25, 0.3) is 8.32 Å². The molecule has 0 radical (unpaired) electrons. The molecule has 1 aliphatic rings. The molecule has 3 nitrogen and oxygen atoms in total. The van der Waals surface area contributed by atoms with E-state index in [4.69, 9.17) is 9.79 Å². The van der Waals surface area contributed by atoms with Gasteiger partial charge in [-0.1, -0.05) is 19.3 Å². The van der Waals surface area contributed by atoms with E-state index in [2.05, 4.69) is 30.9 Å². The molecule has 0 amide bonds. The van der Waals surface area contributed by atoms with Crippen molar-refractivity contribution in [3.63, 3.8) is 0 Å². The third-order valence-electron chi connectivity index (χ3n) is 2.88. The molecule has 1 fully saturated rings. The van der Waals surface area contributed by atoms with Crippen LogP contribution in [0.4, 0.5) is 0 Å². The van der Waals surface area contributed by atoms with Crippen molar-refractivity contribution in [2.24, 2.45) is 11.1 Å². The van der Waals surface area contributed by atoms with Crippen LogP contribution in [0.25, 0.3) is 0 Å². The maximum Gasteiger partial charge on any atom is 0.278 e. The predicted octanol–water partition coefficient (Wildman–Crippen LogP) is 4.08. The molecular formula is C13H24N2OSi. The lowest BCUT2D eigenvalue weighted by molar-refractivity contribution is 0.331. The normalized spacial score (nSPS) is 25.5. The van der Waals surface area contributed by atoms with E-state index in [1.54, 1.807) is 0 Å². The second-order valence-corrected chi connectivity index (χ2v) is 10.3. The summed E-state index contributed by atoms with van der Waals surface area (Å²) in [6.07, 6.45) is 7.70. The van der Waals surface area contributed by atoms with Crippen LogP contribution in [-0.2, 0) is 4.53 Å². The Morgan fingerprint density at radius 3 is 2.59 bits per heavy atom. The molecule has 17 heavy (non-hydrogen) atoms. The molecule has 0 aliphatic heterocycles. The number of hydrogen-bond donors (Lipinski definition) is 0. The van der Waals surface area contributed by atoms with E-state index in [0.717, 1.165) is 25.0 Å². The van der Waals surface area contributed by atoms with Gasteiger partial charge in [0, 0.05) is 6.42 Å². The number of hydrogen-bond acceptors (Lipinski definition) is 3. The fourth-order valence-corrected chi connectivity index (χ4v) is 2.36. The van der Waals surface area contributed by atoms with Crippen molar-refractivity contribution in [3.8, 4) is 6.07 Å². The average molecular weight is 252 g/mol. The lowest BCUT2D eigenvalue weighted by Crippen LogP contribution is -2.23. The van der Waals surface area contributed by atoms with Crippen LogP contribution in [0.3, 0.4) is 0 Å². The second kappa shape index (κ2) is 6.80. The number of rotatable bonds is 2. The Morgan fingerprint density at radius 1 is 1.24 bits per heavy atom. The molecule has 1 rings (SSSR count). The molecule has 96 valence electrons. The summed E-state index contributed by atoms with van der Waals surface area (Å²) in [7, 11) is -1.59. The minimum atomic E-state index is -1.59. The van der Waals surface area contributed by atoms with Gasteiger partial charge in [-0.15, -0.1) is 5.16 Å². The SMILES string of the molecule is C[Si](C)(C)O/N=C1\CCCCCCC(C#N)C1. The quantitative estimate of drug-likeness (QED) is 0.549. The van der Waals surface area contributed by atoms with E-state index < -0.39 is 8.32 Å². The van der Waals surface area contributed by atoms with E-state index >= 15 is 0 Å². The molecular weight excluding hydrogens is 228 g/mol. The Bertz CT molecular complexity index is 302. The highest BCUT2D eigenvalue weighted by atomic mass is 28.4. The topological polar surface area (TPSA) is 45.4 Å². The Balaban J connectivity index is 2.62. The highest BCUT2D eigenvalue weighted by Gasteiger charge is 2.18. The summed E-state index contributed by atoms with van der Waals surface area (Å²) in [6, 6.07) is 2.40. The molecule has 0 aromatic heterocycles. The van der Waals surface area contributed by atoms with E-state index in [0.29, 0.717) is 0 Å². The zero-order chi connectivity index (χ0) is 12.7. The first-order chi connectivity index (χ1) is 8.01. The maximum absolute atomic E-state index is 9.11. The maximum atomic E-state index is 9.11. The van der Waals surface area contributed by atoms with Crippen LogP contribution in [0.1, 0.15) is 44.9 Å². The van der Waals surface area contributed by atoms with E-state index in [-0.39, 0.29) is 5.92 Å². The van der Waals surface area contributed by atoms with Crippen molar-refractivity contribution in [1.29, 1.82) is 5.26 Å². The molecule has 4 heteroatoms. The van der Waals surface area contributed by atoms with E-state index in [1.807, 2.05) is 0 Å². The van der Waals surface area contributed by atoms with Crippen molar-refractivity contribution in [3.05, 3.63) is 0 Å². The Labute approximate surface area is 106 Å². The van der Waals surface area contributed by atoms with Crippen LogP contribution in [0, 0.1) is 17.2 Å². The van der Waals surface area contributed by atoms with Crippen LogP contribution < -0.4 is 0 Å².